The Kier molecular flexibility index (Phi) is 4.61. The number of fused-ring (bicyclic) bond motifs is 7. The molecule has 3 heteroatoms. The van der Waals surface area contributed by atoms with Crippen LogP contribution in [-0.2, 0) is 4.79 Å². The van der Waals surface area contributed by atoms with E-state index in [0.717, 1.165) is 44.9 Å². The molecule has 0 aromatic heterocycles. The van der Waals surface area contributed by atoms with Crippen molar-refractivity contribution in [3.63, 3.8) is 0 Å². The number of hydrogen-bond acceptors (Lipinski definition) is 2. The number of carbonyl (C=O) groups is 1. The first-order valence-electron chi connectivity index (χ1n) is 13.3. The maximum atomic E-state index is 12.7. The summed E-state index contributed by atoms with van der Waals surface area (Å²) in [7, 11) is 0. The SMILES string of the molecule is CC1(C)CC2C3=CCC4C5(C)CCC(O)C(C)(C)C5CCC4(C)C3(C)CCC2(C(=O)O)C1. The van der Waals surface area contributed by atoms with E-state index in [1.54, 1.807) is 0 Å². The standard InChI is InChI=1S/C29H46O3/c1-24(2)16-19-18-8-9-21-26(5)12-11-22(30)25(3,4)20(26)10-13-28(21,7)27(18,6)14-15-29(19,17-24)23(31)32/h8,19-22,30H,9-17H2,1-7H3,(H,31,32). The number of aliphatic hydroxyl groups excluding tert-OH is 1. The Balaban J connectivity index is 1.60. The van der Waals surface area contributed by atoms with Crippen LogP contribution < -0.4 is 0 Å². The van der Waals surface area contributed by atoms with Crippen molar-refractivity contribution in [1.29, 1.82) is 0 Å². The topological polar surface area (TPSA) is 57.5 Å². The minimum Gasteiger partial charge on any atom is -0.481 e. The number of carboxylic acids is 1. The fraction of sp³-hybridized carbons (Fsp3) is 0.897. The molecule has 3 nitrogen and oxygen atoms in total. The van der Waals surface area contributed by atoms with Gasteiger partial charge >= 0.3 is 5.97 Å². The van der Waals surface area contributed by atoms with Crippen LogP contribution in [0, 0.1) is 50.2 Å². The summed E-state index contributed by atoms with van der Waals surface area (Å²) in [5.41, 5.74) is 1.56. The van der Waals surface area contributed by atoms with E-state index >= 15 is 0 Å². The summed E-state index contributed by atoms with van der Waals surface area (Å²) in [5.74, 6) is 0.812. The lowest BCUT2D eigenvalue weighted by atomic mass is 9.34. The average Bonchev–Trinajstić information content (AvgIpc) is 2.97. The minimum absolute atomic E-state index is 0.0280. The zero-order valence-electron chi connectivity index (χ0n) is 21.6. The lowest BCUT2D eigenvalue weighted by molar-refractivity contribution is -0.202. The van der Waals surface area contributed by atoms with Crippen molar-refractivity contribution in [1.82, 2.24) is 0 Å². The summed E-state index contributed by atoms with van der Waals surface area (Å²) >= 11 is 0. The van der Waals surface area contributed by atoms with Gasteiger partial charge in [-0.2, -0.15) is 0 Å². The predicted molar refractivity (Wildman–Crippen MR) is 128 cm³/mol. The van der Waals surface area contributed by atoms with Gasteiger partial charge in [0.25, 0.3) is 0 Å². The summed E-state index contributed by atoms with van der Waals surface area (Å²) < 4.78 is 0. The van der Waals surface area contributed by atoms with Gasteiger partial charge in [-0.05, 0) is 103 Å². The Labute approximate surface area is 195 Å². The molecule has 2 N–H and O–H groups in total. The molecule has 4 saturated carbocycles. The highest BCUT2D eigenvalue weighted by atomic mass is 16.4. The highest BCUT2D eigenvalue weighted by Crippen LogP contribution is 2.76. The van der Waals surface area contributed by atoms with Crippen LogP contribution in [0.1, 0.15) is 106 Å². The Morgan fingerprint density at radius 1 is 0.938 bits per heavy atom. The van der Waals surface area contributed by atoms with E-state index < -0.39 is 11.4 Å². The summed E-state index contributed by atoms with van der Waals surface area (Å²) in [5, 5.41) is 21.3. The van der Waals surface area contributed by atoms with Crippen LogP contribution in [0.4, 0.5) is 0 Å². The molecule has 8 atom stereocenters. The summed E-state index contributed by atoms with van der Waals surface area (Å²) in [6, 6.07) is 0. The predicted octanol–water partition coefficient (Wildman–Crippen LogP) is 6.84. The van der Waals surface area contributed by atoms with Crippen LogP contribution in [0.2, 0.25) is 0 Å². The van der Waals surface area contributed by atoms with E-state index in [1.165, 1.54) is 18.4 Å². The van der Waals surface area contributed by atoms with Gasteiger partial charge in [0, 0.05) is 0 Å². The monoisotopic (exact) mass is 442 g/mol. The smallest absolute Gasteiger partial charge is 0.310 e. The largest absolute Gasteiger partial charge is 0.481 e. The molecule has 0 amide bonds. The summed E-state index contributed by atoms with van der Waals surface area (Å²) in [4.78, 5) is 12.7. The first kappa shape index (κ1) is 22.9. The number of aliphatic hydroxyl groups is 1. The van der Waals surface area contributed by atoms with Crippen LogP contribution in [0.25, 0.3) is 0 Å². The second-order valence-electron chi connectivity index (χ2n) is 14.7. The number of carboxylic acid groups (broad SMARTS) is 1. The van der Waals surface area contributed by atoms with Crippen LogP contribution in [0.5, 0.6) is 0 Å². The van der Waals surface area contributed by atoms with Gasteiger partial charge in [-0.15, -0.1) is 0 Å². The molecule has 32 heavy (non-hydrogen) atoms. The summed E-state index contributed by atoms with van der Waals surface area (Å²) in [6.45, 7) is 16.8. The zero-order chi connectivity index (χ0) is 23.5. The van der Waals surface area contributed by atoms with E-state index in [1.807, 2.05) is 0 Å². The fourth-order valence-corrected chi connectivity index (χ4v) is 10.8. The lowest BCUT2D eigenvalue weighted by Crippen LogP contribution is -2.64. The second kappa shape index (κ2) is 6.43. The Morgan fingerprint density at radius 3 is 2.28 bits per heavy atom. The average molecular weight is 443 g/mol. The van der Waals surface area contributed by atoms with Crippen molar-refractivity contribution >= 4 is 5.97 Å². The number of hydrogen-bond donors (Lipinski definition) is 2. The van der Waals surface area contributed by atoms with E-state index in [2.05, 4.69) is 54.5 Å². The maximum absolute atomic E-state index is 12.7. The van der Waals surface area contributed by atoms with Gasteiger partial charge in [0.15, 0.2) is 0 Å². The third-order valence-electron chi connectivity index (χ3n) is 12.6. The highest BCUT2D eigenvalue weighted by molar-refractivity contribution is 5.77. The summed E-state index contributed by atoms with van der Waals surface area (Å²) in [6.07, 6.45) is 11.6. The van der Waals surface area contributed by atoms with E-state index in [4.69, 9.17) is 0 Å². The van der Waals surface area contributed by atoms with Crippen LogP contribution >= 0.6 is 0 Å². The van der Waals surface area contributed by atoms with Crippen molar-refractivity contribution < 1.29 is 15.0 Å². The molecule has 0 heterocycles. The first-order chi connectivity index (χ1) is 14.6. The third kappa shape index (κ3) is 2.56. The van der Waals surface area contributed by atoms with Crippen molar-refractivity contribution in [3.05, 3.63) is 11.6 Å². The van der Waals surface area contributed by atoms with E-state index in [0.29, 0.717) is 11.8 Å². The molecule has 5 aliphatic carbocycles. The molecule has 0 spiro atoms. The fourth-order valence-electron chi connectivity index (χ4n) is 10.8. The Morgan fingerprint density at radius 2 is 1.62 bits per heavy atom. The molecular formula is C29H46O3. The van der Waals surface area contributed by atoms with E-state index in [-0.39, 0.29) is 39.1 Å². The second-order valence-corrected chi connectivity index (χ2v) is 14.7. The number of aliphatic carboxylic acids is 1. The van der Waals surface area contributed by atoms with Gasteiger partial charge in [0.1, 0.15) is 0 Å². The Hall–Kier alpha value is -0.830. The van der Waals surface area contributed by atoms with Crippen molar-refractivity contribution in [2.75, 3.05) is 0 Å². The molecule has 0 aromatic carbocycles. The van der Waals surface area contributed by atoms with Gasteiger partial charge in [0.05, 0.1) is 11.5 Å². The molecule has 4 fully saturated rings. The van der Waals surface area contributed by atoms with Gasteiger partial charge < -0.3 is 10.2 Å². The van der Waals surface area contributed by atoms with Crippen molar-refractivity contribution in [3.8, 4) is 0 Å². The molecule has 0 radical (unpaired) electrons. The minimum atomic E-state index is -0.559. The van der Waals surface area contributed by atoms with Crippen LogP contribution in [0.15, 0.2) is 11.6 Å². The maximum Gasteiger partial charge on any atom is 0.310 e. The number of rotatable bonds is 1. The molecular weight excluding hydrogens is 396 g/mol. The third-order valence-corrected chi connectivity index (χ3v) is 12.6. The van der Waals surface area contributed by atoms with Gasteiger partial charge in [-0.25, -0.2) is 0 Å². The van der Waals surface area contributed by atoms with Crippen molar-refractivity contribution in [2.45, 2.75) is 112 Å². The van der Waals surface area contributed by atoms with Gasteiger partial charge in [-0.3, -0.25) is 4.79 Å². The molecule has 0 aromatic rings. The zero-order valence-corrected chi connectivity index (χ0v) is 21.6. The van der Waals surface area contributed by atoms with Gasteiger partial charge in [0.2, 0.25) is 0 Å². The van der Waals surface area contributed by atoms with E-state index in [9.17, 15) is 15.0 Å². The van der Waals surface area contributed by atoms with Crippen molar-refractivity contribution in [2.24, 2.45) is 50.2 Å². The molecule has 0 saturated heterocycles. The highest BCUT2D eigenvalue weighted by Gasteiger charge is 2.70. The van der Waals surface area contributed by atoms with Crippen LogP contribution in [-0.4, -0.2) is 22.3 Å². The quantitative estimate of drug-likeness (QED) is 0.437. The Bertz CT molecular complexity index is 870. The van der Waals surface area contributed by atoms with Crippen LogP contribution in [0.3, 0.4) is 0 Å². The molecule has 0 bridgehead atoms. The molecule has 180 valence electrons. The molecule has 5 aliphatic rings. The molecule has 0 aliphatic heterocycles. The lowest BCUT2D eigenvalue weighted by Gasteiger charge is -2.70. The first-order valence-corrected chi connectivity index (χ1v) is 13.3. The molecule has 5 rings (SSSR count). The van der Waals surface area contributed by atoms with Gasteiger partial charge in [-0.1, -0.05) is 60.1 Å². The normalized spacial score (nSPS) is 53.3. The number of allylic oxidation sites excluding steroid dienone is 2. The molecule has 8 unspecified atom stereocenters.